The van der Waals surface area contributed by atoms with Crippen LogP contribution < -0.4 is 14.2 Å². The molecule has 0 aromatic heterocycles. The van der Waals surface area contributed by atoms with Gasteiger partial charge in [-0.2, -0.15) is 0 Å². The molecule has 0 N–H and O–H groups in total. The molecule has 0 saturated heterocycles. The van der Waals surface area contributed by atoms with Crippen LogP contribution in [0.1, 0.15) is 18.1 Å². The van der Waals surface area contributed by atoms with Crippen molar-refractivity contribution in [3.05, 3.63) is 65.7 Å². The second-order valence-electron chi connectivity index (χ2n) is 7.05. The van der Waals surface area contributed by atoms with Crippen LogP contribution in [-0.2, 0) is 28.6 Å². The zero-order chi connectivity index (χ0) is 25.6. The maximum atomic E-state index is 12.1. The largest absolute Gasteiger partial charge is 0.497 e. The summed E-state index contributed by atoms with van der Waals surface area (Å²) in [6.45, 7) is 0.638. The zero-order valence-corrected chi connectivity index (χ0v) is 20.0. The number of benzene rings is 2. The van der Waals surface area contributed by atoms with Crippen molar-refractivity contribution in [2.75, 3.05) is 34.5 Å². The quantitative estimate of drug-likeness (QED) is 0.254. The van der Waals surface area contributed by atoms with Crippen LogP contribution in [0.3, 0.4) is 0 Å². The molecule has 1 unspecified atom stereocenters. The Balaban J connectivity index is 1.87. The minimum Gasteiger partial charge on any atom is -0.497 e. The fraction of sp³-hybridized carbons (Fsp3) is 0.269. The number of carbonyl (C=O) groups excluding carboxylic acids is 3. The van der Waals surface area contributed by atoms with E-state index in [-0.39, 0.29) is 13.2 Å². The molecular formula is C26H28O9. The van der Waals surface area contributed by atoms with E-state index in [9.17, 15) is 14.4 Å². The SMILES string of the molecule is COc1ccc(C=CC(=O)OCC(COC(=O)C=Cc2ccc(OC)c(OC)c2)OC(C)=O)cc1. The van der Waals surface area contributed by atoms with E-state index in [0.29, 0.717) is 22.8 Å². The molecular weight excluding hydrogens is 456 g/mol. The van der Waals surface area contributed by atoms with Gasteiger partial charge in [-0.05, 0) is 47.5 Å². The van der Waals surface area contributed by atoms with Crippen molar-refractivity contribution >= 4 is 30.1 Å². The monoisotopic (exact) mass is 484 g/mol. The Bertz CT molecular complexity index is 1050. The maximum absolute atomic E-state index is 12.1. The number of hydrogen-bond acceptors (Lipinski definition) is 9. The van der Waals surface area contributed by atoms with Gasteiger partial charge in [0.25, 0.3) is 0 Å². The molecule has 0 bridgehead atoms. The minimum atomic E-state index is -0.954. The number of ether oxygens (including phenoxy) is 6. The Morgan fingerprint density at radius 1 is 0.743 bits per heavy atom. The molecule has 0 saturated carbocycles. The van der Waals surface area contributed by atoms with Gasteiger partial charge in [0, 0.05) is 19.1 Å². The first-order valence-corrected chi connectivity index (χ1v) is 10.6. The van der Waals surface area contributed by atoms with Gasteiger partial charge in [0.1, 0.15) is 19.0 Å². The fourth-order valence-electron chi connectivity index (χ4n) is 2.80. The zero-order valence-electron chi connectivity index (χ0n) is 20.0. The van der Waals surface area contributed by atoms with Gasteiger partial charge < -0.3 is 28.4 Å². The average Bonchev–Trinajstić information content (AvgIpc) is 2.87. The summed E-state index contributed by atoms with van der Waals surface area (Å²) in [7, 11) is 4.60. The number of carbonyl (C=O) groups is 3. The highest BCUT2D eigenvalue weighted by Gasteiger charge is 2.16. The number of hydrogen-bond donors (Lipinski definition) is 0. The van der Waals surface area contributed by atoms with Crippen LogP contribution in [0.2, 0.25) is 0 Å². The smallest absolute Gasteiger partial charge is 0.330 e. The maximum Gasteiger partial charge on any atom is 0.330 e. The average molecular weight is 485 g/mol. The Hall–Kier alpha value is -4.27. The van der Waals surface area contributed by atoms with E-state index in [2.05, 4.69) is 0 Å². The fourth-order valence-corrected chi connectivity index (χ4v) is 2.80. The highest BCUT2D eigenvalue weighted by Crippen LogP contribution is 2.27. The first-order chi connectivity index (χ1) is 16.8. The highest BCUT2D eigenvalue weighted by atomic mass is 16.6. The van der Waals surface area contributed by atoms with Crippen LogP contribution in [0, 0.1) is 0 Å². The first kappa shape index (κ1) is 27.0. The van der Waals surface area contributed by atoms with Crippen molar-refractivity contribution < 1.29 is 42.8 Å². The van der Waals surface area contributed by atoms with Gasteiger partial charge >= 0.3 is 17.9 Å². The molecule has 2 aromatic carbocycles. The molecule has 35 heavy (non-hydrogen) atoms. The summed E-state index contributed by atoms with van der Waals surface area (Å²) >= 11 is 0. The van der Waals surface area contributed by atoms with Crippen molar-refractivity contribution in [3.8, 4) is 17.2 Å². The van der Waals surface area contributed by atoms with Gasteiger partial charge in [-0.25, -0.2) is 9.59 Å². The lowest BCUT2D eigenvalue weighted by Crippen LogP contribution is -2.29. The van der Waals surface area contributed by atoms with E-state index in [1.165, 1.54) is 39.4 Å². The lowest BCUT2D eigenvalue weighted by atomic mass is 10.2. The van der Waals surface area contributed by atoms with E-state index in [1.807, 2.05) is 0 Å². The minimum absolute atomic E-state index is 0.280. The van der Waals surface area contributed by atoms with E-state index in [4.69, 9.17) is 28.4 Å². The predicted molar refractivity (Wildman–Crippen MR) is 128 cm³/mol. The Morgan fingerprint density at radius 3 is 1.80 bits per heavy atom. The summed E-state index contributed by atoms with van der Waals surface area (Å²) in [5, 5.41) is 0. The van der Waals surface area contributed by atoms with Gasteiger partial charge in [0.15, 0.2) is 17.6 Å². The van der Waals surface area contributed by atoms with Gasteiger partial charge in [-0.3, -0.25) is 4.79 Å². The van der Waals surface area contributed by atoms with Crippen LogP contribution in [0.5, 0.6) is 17.2 Å². The lowest BCUT2D eigenvalue weighted by molar-refractivity contribution is -0.162. The Labute approximate surface area is 203 Å². The van der Waals surface area contributed by atoms with Crippen LogP contribution in [0.15, 0.2) is 54.6 Å². The summed E-state index contributed by atoms with van der Waals surface area (Å²) in [4.78, 5) is 35.5. The molecule has 0 fully saturated rings. The van der Waals surface area contributed by atoms with Gasteiger partial charge in [-0.15, -0.1) is 0 Å². The van der Waals surface area contributed by atoms with E-state index in [0.717, 1.165) is 5.56 Å². The third-order valence-electron chi connectivity index (χ3n) is 4.50. The first-order valence-electron chi connectivity index (χ1n) is 10.6. The molecule has 9 heteroatoms. The molecule has 0 amide bonds. The van der Waals surface area contributed by atoms with E-state index >= 15 is 0 Å². The summed E-state index contributed by atoms with van der Waals surface area (Å²) < 4.78 is 30.8. The molecule has 186 valence electrons. The Kier molecular flexibility index (Phi) is 10.9. The third-order valence-corrected chi connectivity index (χ3v) is 4.50. The molecule has 2 aromatic rings. The standard InChI is InChI=1S/C26H28O9/c1-18(27)35-22(16-33-25(28)13-8-19-5-10-21(30-2)11-6-19)17-34-26(29)14-9-20-7-12-23(31-3)24(15-20)32-4/h5-15,22H,16-17H2,1-4H3. The van der Waals surface area contributed by atoms with Crippen molar-refractivity contribution in [2.24, 2.45) is 0 Å². The highest BCUT2D eigenvalue weighted by molar-refractivity contribution is 5.87. The van der Waals surface area contributed by atoms with Crippen molar-refractivity contribution in [1.82, 2.24) is 0 Å². The molecule has 0 aliphatic heterocycles. The summed E-state index contributed by atoms with van der Waals surface area (Å²) in [6, 6.07) is 12.2. The van der Waals surface area contributed by atoms with Gasteiger partial charge in [-0.1, -0.05) is 18.2 Å². The van der Waals surface area contributed by atoms with Gasteiger partial charge in [0.05, 0.1) is 21.3 Å². The molecule has 0 aliphatic carbocycles. The predicted octanol–water partition coefficient (Wildman–Crippen LogP) is 3.46. The number of esters is 3. The third kappa shape index (κ3) is 9.63. The lowest BCUT2D eigenvalue weighted by Gasteiger charge is -2.16. The molecule has 9 nitrogen and oxygen atoms in total. The molecule has 0 spiro atoms. The summed E-state index contributed by atoms with van der Waals surface area (Å²) in [5.41, 5.74) is 1.46. The number of rotatable bonds is 12. The van der Waals surface area contributed by atoms with Crippen molar-refractivity contribution in [1.29, 1.82) is 0 Å². The van der Waals surface area contributed by atoms with Crippen molar-refractivity contribution in [2.45, 2.75) is 13.0 Å². The van der Waals surface area contributed by atoms with Crippen molar-refractivity contribution in [3.63, 3.8) is 0 Å². The van der Waals surface area contributed by atoms with E-state index < -0.39 is 24.0 Å². The van der Waals surface area contributed by atoms with Gasteiger partial charge in [0.2, 0.25) is 0 Å². The number of methoxy groups -OCH3 is 3. The normalized spacial score (nSPS) is 11.7. The van der Waals surface area contributed by atoms with Crippen LogP contribution >= 0.6 is 0 Å². The summed E-state index contributed by atoms with van der Waals surface area (Å²) in [6.07, 6.45) is 4.61. The molecule has 0 aliphatic rings. The molecule has 2 rings (SSSR count). The van der Waals surface area contributed by atoms with Crippen LogP contribution in [-0.4, -0.2) is 58.6 Å². The molecule has 0 radical (unpaired) electrons. The Morgan fingerprint density at radius 2 is 1.29 bits per heavy atom. The molecule has 1 atom stereocenters. The topological polar surface area (TPSA) is 107 Å². The summed E-state index contributed by atoms with van der Waals surface area (Å²) in [5.74, 6) is -0.134. The second-order valence-corrected chi connectivity index (χ2v) is 7.05. The van der Waals surface area contributed by atoms with Crippen LogP contribution in [0.4, 0.5) is 0 Å². The van der Waals surface area contributed by atoms with Crippen LogP contribution in [0.25, 0.3) is 12.2 Å². The van der Waals surface area contributed by atoms with E-state index in [1.54, 1.807) is 55.7 Å². The molecule has 0 heterocycles. The second kappa shape index (κ2) is 14.1.